The zero-order valence-corrected chi connectivity index (χ0v) is 12.3. The van der Waals surface area contributed by atoms with Crippen LogP contribution in [0, 0.1) is 11.3 Å². The van der Waals surface area contributed by atoms with Crippen LogP contribution in [0.4, 0.5) is 0 Å². The standard InChI is InChI=1S/C14H25NO4/c1-10(8-13(2,3)4)7-11(16)15-14(12(17)18)5-6-19-9-14/h10H,5-9H2,1-4H3,(H,15,16)(H,17,18). The molecular weight excluding hydrogens is 246 g/mol. The molecule has 2 atom stereocenters. The van der Waals surface area contributed by atoms with E-state index in [0.29, 0.717) is 19.4 Å². The zero-order valence-electron chi connectivity index (χ0n) is 12.3. The first kappa shape index (κ1) is 16.0. The first-order chi connectivity index (χ1) is 8.65. The van der Waals surface area contributed by atoms with E-state index < -0.39 is 11.5 Å². The van der Waals surface area contributed by atoms with Gasteiger partial charge < -0.3 is 15.2 Å². The minimum absolute atomic E-state index is 0.0573. The van der Waals surface area contributed by atoms with Crippen LogP contribution in [0.25, 0.3) is 0 Å². The predicted molar refractivity (Wildman–Crippen MR) is 71.8 cm³/mol. The molecule has 0 aromatic carbocycles. The molecule has 1 saturated heterocycles. The first-order valence-electron chi connectivity index (χ1n) is 6.77. The van der Waals surface area contributed by atoms with Crippen molar-refractivity contribution in [3.05, 3.63) is 0 Å². The molecule has 5 nitrogen and oxygen atoms in total. The van der Waals surface area contributed by atoms with Gasteiger partial charge in [-0.3, -0.25) is 4.79 Å². The van der Waals surface area contributed by atoms with Crippen molar-refractivity contribution >= 4 is 11.9 Å². The molecule has 0 saturated carbocycles. The number of hydrogen-bond donors (Lipinski definition) is 2. The monoisotopic (exact) mass is 271 g/mol. The highest BCUT2D eigenvalue weighted by molar-refractivity contribution is 5.87. The maximum atomic E-state index is 12.0. The summed E-state index contributed by atoms with van der Waals surface area (Å²) in [6.45, 7) is 8.84. The van der Waals surface area contributed by atoms with Crippen molar-refractivity contribution in [1.29, 1.82) is 0 Å². The largest absolute Gasteiger partial charge is 0.479 e. The molecule has 0 bridgehead atoms. The lowest BCUT2D eigenvalue weighted by Gasteiger charge is -2.26. The summed E-state index contributed by atoms with van der Waals surface area (Å²) in [5.74, 6) is -0.986. The number of ether oxygens (including phenoxy) is 1. The lowest BCUT2D eigenvalue weighted by Crippen LogP contribution is -2.55. The van der Waals surface area contributed by atoms with Crippen molar-refractivity contribution in [2.75, 3.05) is 13.2 Å². The van der Waals surface area contributed by atoms with Gasteiger partial charge in [0.05, 0.1) is 6.61 Å². The Morgan fingerprint density at radius 1 is 1.42 bits per heavy atom. The molecule has 1 aliphatic rings. The Bertz CT molecular complexity index is 340. The summed E-state index contributed by atoms with van der Waals surface area (Å²) in [5, 5.41) is 11.9. The lowest BCUT2D eigenvalue weighted by molar-refractivity contribution is -0.147. The fraction of sp³-hybridized carbons (Fsp3) is 0.857. The van der Waals surface area contributed by atoms with Crippen molar-refractivity contribution in [1.82, 2.24) is 5.32 Å². The van der Waals surface area contributed by atoms with Gasteiger partial charge in [0, 0.05) is 19.4 Å². The fourth-order valence-corrected chi connectivity index (χ4v) is 2.64. The Morgan fingerprint density at radius 3 is 2.47 bits per heavy atom. The van der Waals surface area contributed by atoms with Crippen LogP contribution in [0.2, 0.25) is 0 Å². The minimum Gasteiger partial charge on any atom is -0.479 e. The third-order valence-electron chi connectivity index (χ3n) is 3.30. The molecule has 110 valence electrons. The molecule has 2 unspecified atom stereocenters. The Balaban J connectivity index is 2.52. The number of carbonyl (C=O) groups is 2. The molecule has 0 aromatic heterocycles. The van der Waals surface area contributed by atoms with E-state index in [1.54, 1.807) is 0 Å². The summed E-state index contributed by atoms with van der Waals surface area (Å²) in [4.78, 5) is 23.3. The minimum atomic E-state index is -1.22. The molecule has 1 rings (SSSR count). The van der Waals surface area contributed by atoms with Gasteiger partial charge >= 0.3 is 5.97 Å². The number of rotatable bonds is 5. The van der Waals surface area contributed by atoms with Crippen LogP contribution in [0.5, 0.6) is 0 Å². The van der Waals surface area contributed by atoms with E-state index in [2.05, 4.69) is 26.1 Å². The SMILES string of the molecule is CC(CC(=O)NC1(C(=O)O)CCOC1)CC(C)(C)C. The van der Waals surface area contributed by atoms with Gasteiger partial charge in [-0.15, -0.1) is 0 Å². The Hall–Kier alpha value is -1.10. The molecule has 1 amide bonds. The van der Waals surface area contributed by atoms with Gasteiger partial charge in [-0.05, 0) is 17.8 Å². The molecule has 19 heavy (non-hydrogen) atoms. The molecule has 0 spiro atoms. The molecule has 0 radical (unpaired) electrons. The van der Waals surface area contributed by atoms with E-state index in [9.17, 15) is 14.7 Å². The summed E-state index contributed by atoms with van der Waals surface area (Å²) in [6.07, 6.45) is 1.62. The van der Waals surface area contributed by atoms with Gasteiger partial charge in [0.15, 0.2) is 5.54 Å². The highest BCUT2D eigenvalue weighted by Crippen LogP contribution is 2.26. The second-order valence-corrected chi connectivity index (χ2v) is 6.81. The van der Waals surface area contributed by atoms with Crippen molar-refractivity contribution in [2.45, 2.75) is 52.5 Å². The number of carboxylic acid groups (broad SMARTS) is 1. The fourth-order valence-electron chi connectivity index (χ4n) is 2.64. The van der Waals surface area contributed by atoms with E-state index in [1.807, 2.05) is 6.92 Å². The van der Waals surface area contributed by atoms with E-state index >= 15 is 0 Å². The van der Waals surface area contributed by atoms with E-state index in [1.165, 1.54) is 0 Å². The normalized spacial score (nSPS) is 25.1. The van der Waals surface area contributed by atoms with E-state index in [-0.39, 0.29) is 23.8 Å². The Labute approximate surface area is 114 Å². The average molecular weight is 271 g/mol. The number of aliphatic carboxylic acids is 1. The summed E-state index contributed by atoms with van der Waals surface area (Å²) >= 11 is 0. The number of carbonyl (C=O) groups excluding carboxylic acids is 1. The van der Waals surface area contributed by atoms with Gasteiger partial charge in [0.2, 0.25) is 5.91 Å². The van der Waals surface area contributed by atoms with Crippen LogP contribution < -0.4 is 5.32 Å². The van der Waals surface area contributed by atoms with Crippen LogP contribution in [-0.2, 0) is 14.3 Å². The third kappa shape index (κ3) is 4.82. The molecule has 1 fully saturated rings. The first-order valence-corrected chi connectivity index (χ1v) is 6.77. The van der Waals surface area contributed by atoms with Crippen LogP contribution >= 0.6 is 0 Å². The van der Waals surface area contributed by atoms with E-state index in [4.69, 9.17) is 4.74 Å². The average Bonchev–Trinajstić information content (AvgIpc) is 2.63. The van der Waals surface area contributed by atoms with Crippen LogP contribution in [0.1, 0.15) is 47.0 Å². The maximum absolute atomic E-state index is 12.0. The maximum Gasteiger partial charge on any atom is 0.331 e. The van der Waals surface area contributed by atoms with Crippen LogP contribution in [0.15, 0.2) is 0 Å². The molecule has 0 aromatic rings. The smallest absolute Gasteiger partial charge is 0.331 e. The van der Waals surface area contributed by atoms with Crippen molar-refractivity contribution < 1.29 is 19.4 Å². The number of carboxylic acids is 1. The number of nitrogens with one attached hydrogen (secondary N) is 1. The zero-order chi connectivity index (χ0) is 14.7. The predicted octanol–water partition coefficient (Wildman–Crippen LogP) is 1.81. The van der Waals surface area contributed by atoms with Crippen molar-refractivity contribution in [2.24, 2.45) is 11.3 Å². The molecular formula is C14H25NO4. The topological polar surface area (TPSA) is 75.6 Å². The van der Waals surface area contributed by atoms with Gasteiger partial charge in [-0.2, -0.15) is 0 Å². The second kappa shape index (κ2) is 5.90. The molecule has 1 heterocycles. The van der Waals surface area contributed by atoms with Crippen LogP contribution in [0.3, 0.4) is 0 Å². The lowest BCUT2D eigenvalue weighted by atomic mass is 9.84. The van der Waals surface area contributed by atoms with Gasteiger partial charge in [-0.25, -0.2) is 4.79 Å². The van der Waals surface area contributed by atoms with Crippen LogP contribution in [-0.4, -0.2) is 35.7 Å². The highest BCUT2D eigenvalue weighted by atomic mass is 16.5. The van der Waals surface area contributed by atoms with Gasteiger partial charge in [-0.1, -0.05) is 27.7 Å². The third-order valence-corrected chi connectivity index (χ3v) is 3.30. The molecule has 2 N–H and O–H groups in total. The van der Waals surface area contributed by atoms with E-state index in [0.717, 1.165) is 6.42 Å². The highest BCUT2D eigenvalue weighted by Gasteiger charge is 2.43. The van der Waals surface area contributed by atoms with Crippen molar-refractivity contribution in [3.63, 3.8) is 0 Å². The quantitative estimate of drug-likeness (QED) is 0.799. The van der Waals surface area contributed by atoms with Gasteiger partial charge in [0.1, 0.15) is 0 Å². The molecule has 1 aliphatic heterocycles. The molecule has 5 heteroatoms. The summed E-state index contributed by atoms with van der Waals surface area (Å²) in [5.41, 5.74) is -1.06. The summed E-state index contributed by atoms with van der Waals surface area (Å²) in [7, 11) is 0. The second-order valence-electron chi connectivity index (χ2n) is 6.81. The number of amides is 1. The summed E-state index contributed by atoms with van der Waals surface area (Å²) < 4.78 is 5.11. The Morgan fingerprint density at radius 2 is 2.05 bits per heavy atom. The summed E-state index contributed by atoms with van der Waals surface area (Å²) in [6, 6.07) is 0. The molecule has 0 aliphatic carbocycles. The Kier molecular flexibility index (Phi) is 4.96. The van der Waals surface area contributed by atoms with Crippen molar-refractivity contribution in [3.8, 4) is 0 Å². The number of hydrogen-bond acceptors (Lipinski definition) is 3. The van der Waals surface area contributed by atoms with Gasteiger partial charge in [0.25, 0.3) is 0 Å².